The minimum absolute atomic E-state index is 0.139. The number of rotatable bonds is 5. The average Bonchev–Trinajstić information content (AvgIpc) is 2.75. The Morgan fingerprint density at radius 1 is 1.38 bits per heavy atom. The van der Waals surface area contributed by atoms with Crippen LogP contribution in [0.4, 0.5) is 11.4 Å². The maximum Gasteiger partial charge on any atom is 0.271 e. The molecule has 1 aliphatic rings. The van der Waals surface area contributed by atoms with Crippen molar-refractivity contribution in [3.05, 3.63) is 34.4 Å². The third-order valence-corrected chi connectivity index (χ3v) is 3.23. The summed E-state index contributed by atoms with van der Waals surface area (Å²) < 4.78 is 5.25. The highest BCUT2D eigenvalue weighted by Gasteiger charge is 2.45. The predicted octanol–water partition coefficient (Wildman–Crippen LogP) is -1.19. The van der Waals surface area contributed by atoms with Gasteiger partial charge in [-0.2, -0.15) is 0 Å². The van der Waals surface area contributed by atoms with Crippen LogP contribution in [0.1, 0.15) is 0 Å². The molecular formula is C12H16N2O7. The van der Waals surface area contributed by atoms with E-state index in [0.29, 0.717) is 5.69 Å². The Hall–Kier alpha value is -1.78. The van der Waals surface area contributed by atoms with Crippen LogP contribution in [-0.2, 0) is 4.74 Å². The number of anilines is 1. The molecule has 0 radical (unpaired) electrons. The summed E-state index contributed by atoms with van der Waals surface area (Å²) in [6, 6.07) is 5.55. The number of aliphatic hydroxyl groups is 4. The van der Waals surface area contributed by atoms with Crippen molar-refractivity contribution >= 4 is 11.4 Å². The maximum absolute atomic E-state index is 10.7. The Balaban J connectivity index is 2.09. The van der Waals surface area contributed by atoms with Crippen molar-refractivity contribution in [3.63, 3.8) is 0 Å². The van der Waals surface area contributed by atoms with Crippen LogP contribution in [0.3, 0.4) is 0 Å². The highest BCUT2D eigenvalue weighted by atomic mass is 16.6. The summed E-state index contributed by atoms with van der Waals surface area (Å²) in [5.74, 6) is 0. The number of hydrogen-bond acceptors (Lipinski definition) is 8. The SMILES string of the molecule is O=[N+]([O-])c1cccc(N[C@@H]2O[C@H]([C@H](O)CO)[C@H](O)[C@H]2O)c1. The second-order valence-corrected chi connectivity index (χ2v) is 4.70. The number of ether oxygens (including phenoxy) is 1. The third kappa shape index (κ3) is 3.28. The molecule has 1 aromatic carbocycles. The fourth-order valence-corrected chi connectivity index (χ4v) is 2.12. The molecule has 1 heterocycles. The lowest BCUT2D eigenvalue weighted by Crippen LogP contribution is -2.40. The van der Waals surface area contributed by atoms with Crippen LogP contribution < -0.4 is 5.32 Å². The molecule has 0 bridgehead atoms. The van der Waals surface area contributed by atoms with E-state index in [2.05, 4.69) is 5.32 Å². The van der Waals surface area contributed by atoms with Crippen molar-refractivity contribution in [3.8, 4) is 0 Å². The van der Waals surface area contributed by atoms with Crippen molar-refractivity contribution in [2.75, 3.05) is 11.9 Å². The number of nitrogens with zero attached hydrogens (tertiary/aromatic N) is 1. The van der Waals surface area contributed by atoms with Crippen molar-refractivity contribution in [2.45, 2.75) is 30.6 Å². The molecule has 1 fully saturated rings. The molecule has 0 spiro atoms. The van der Waals surface area contributed by atoms with E-state index in [1.807, 2.05) is 0 Å². The van der Waals surface area contributed by atoms with E-state index in [1.165, 1.54) is 24.3 Å². The molecule has 2 rings (SSSR count). The molecule has 9 nitrogen and oxygen atoms in total. The molecule has 9 heteroatoms. The quantitative estimate of drug-likeness (QED) is 0.337. The zero-order valence-electron chi connectivity index (χ0n) is 10.9. The van der Waals surface area contributed by atoms with Crippen molar-refractivity contribution in [2.24, 2.45) is 0 Å². The summed E-state index contributed by atoms with van der Waals surface area (Å²) in [5, 5.41) is 51.3. The molecule has 0 amide bonds. The second kappa shape index (κ2) is 6.33. The molecule has 21 heavy (non-hydrogen) atoms. The fraction of sp³-hybridized carbons (Fsp3) is 0.500. The Labute approximate surface area is 119 Å². The topological polar surface area (TPSA) is 145 Å². The lowest BCUT2D eigenvalue weighted by Gasteiger charge is -2.19. The van der Waals surface area contributed by atoms with Crippen LogP contribution in [0.2, 0.25) is 0 Å². The number of nitro groups is 1. The molecule has 5 atom stereocenters. The normalized spacial score (nSPS) is 30.1. The Bertz CT molecular complexity index is 512. The van der Waals surface area contributed by atoms with E-state index in [1.54, 1.807) is 0 Å². The fourth-order valence-electron chi connectivity index (χ4n) is 2.12. The molecule has 0 unspecified atom stereocenters. The molecule has 116 valence electrons. The summed E-state index contributed by atoms with van der Waals surface area (Å²) in [6.45, 7) is -0.627. The predicted molar refractivity (Wildman–Crippen MR) is 70.5 cm³/mol. The Kier molecular flexibility index (Phi) is 4.70. The first kappa shape index (κ1) is 15.6. The summed E-state index contributed by atoms with van der Waals surface area (Å²) in [7, 11) is 0. The number of nitrogens with one attached hydrogen (secondary N) is 1. The smallest absolute Gasteiger partial charge is 0.271 e. The summed E-state index contributed by atoms with van der Waals surface area (Å²) >= 11 is 0. The van der Waals surface area contributed by atoms with Gasteiger partial charge in [0.25, 0.3) is 5.69 Å². The summed E-state index contributed by atoms with van der Waals surface area (Å²) in [5.41, 5.74) is 0.180. The van der Waals surface area contributed by atoms with E-state index in [4.69, 9.17) is 9.84 Å². The van der Waals surface area contributed by atoms with Crippen LogP contribution >= 0.6 is 0 Å². The van der Waals surface area contributed by atoms with Crippen LogP contribution in [-0.4, -0.2) is 62.6 Å². The first-order valence-corrected chi connectivity index (χ1v) is 6.25. The third-order valence-electron chi connectivity index (χ3n) is 3.23. The van der Waals surface area contributed by atoms with Gasteiger partial charge in [-0.3, -0.25) is 10.1 Å². The Morgan fingerprint density at radius 2 is 2.10 bits per heavy atom. The summed E-state index contributed by atoms with van der Waals surface area (Å²) in [4.78, 5) is 10.1. The van der Waals surface area contributed by atoms with Gasteiger partial charge in [0.1, 0.15) is 24.4 Å². The number of non-ortho nitro benzene ring substituents is 1. The molecule has 0 aromatic heterocycles. The van der Waals surface area contributed by atoms with E-state index in [-0.39, 0.29) is 5.69 Å². The first-order valence-electron chi connectivity index (χ1n) is 6.25. The second-order valence-electron chi connectivity index (χ2n) is 4.70. The molecule has 1 aliphatic heterocycles. The van der Waals surface area contributed by atoms with Crippen molar-refractivity contribution in [1.29, 1.82) is 0 Å². The van der Waals surface area contributed by atoms with E-state index in [0.717, 1.165) is 0 Å². The summed E-state index contributed by atoms with van der Waals surface area (Å²) in [6.07, 6.45) is -6.29. The molecule has 0 aliphatic carbocycles. The van der Waals surface area contributed by atoms with Crippen LogP contribution in [0.5, 0.6) is 0 Å². The molecule has 0 saturated carbocycles. The van der Waals surface area contributed by atoms with Gasteiger partial charge < -0.3 is 30.5 Å². The zero-order valence-corrected chi connectivity index (χ0v) is 10.9. The standard InChI is InChI=1S/C12H16N2O7/c15-5-8(16)11-9(17)10(18)12(21-11)13-6-2-1-3-7(4-6)14(19)20/h1-4,8-13,15-18H,5H2/t8-,9-,10-,11-,12-/m1/s1. The van der Waals surface area contributed by atoms with Gasteiger partial charge >= 0.3 is 0 Å². The minimum atomic E-state index is -1.39. The van der Waals surface area contributed by atoms with Crippen molar-refractivity contribution < 1.29 is 30.1 Å². The number of hydrogen-bond donors (Lipinski definition) is 5. The van der Waals surface area contributed by atoms with E-state index in [9.17, 15) is 25.4 Å². The zero-order chi connectivity index (χ0) is 15.6. The highest BCUT2D eigenvalue weighted by Crippen LogP contribution is 2.26. The lowest BCUT2D eigenvalue weighted by molar-refractivity contribution is -0.384. The van der Waals surface area contributed by atoms with Crippen LogP contribution in [0.15, 0.2) is 24.3 Å². The van der Waals surface area contributed by atoms with Gasteiger partial charge in [0, 0.05) is 17.8 Å². The molecule has 1 aromatic rings. The van der Waals surface area contributed by atoms with E-state index < -0.39 is 42.2 Å². The monoisotopic (exact) mass is 300 g/mol. The van der Waals surface area contributed by atoms with Crippen LogP contribution in [0, 0.1) is 10.1 Å². The molecule has 1 saturated heterocycles. The highest BCUT2D eigenvalue weighted by molar-refractivity contribution is 5.51. The number of nitro benzene ring substituents is 1. The largest absolute Gasteiger partial charge is 0.394 e. The van der Waals surface area contributed by atoms with Gasteiger partial charge in [0.15, 0.2) is 6.23 Å². The molecule has 5 N–H and O–H groups in total. The minimum Gasteiger partial charge on any atom is -0.394 e. The van der Waals surface area contributed by atoms with E-state index >= 15 is 0 Å². The van der Waals surface area contributed by atoms with Crippen molar-refractivity contribution in [1.82, 2.24) is 0 Å². The van der Waals surface area contributed by atoms with Gasteiger partial charge in [-0.05, 0) is 6.07 Å². The molecular weight excluding hydrogens is 284 g/mol. The average molecular weight is 300 g/mol. The lowest BCUT2D eigenvalue weighted by atomic mass is 10.1. The van der Waals surface area contributed by atoms with Gasteiger partial charge in [0.05, 0.1) is 11.5 Å². The first-order chi connectivity index (χ1) is 9.93. The van der Waals surface area contributed by atoms with Gasteiger partial charge in [-0.1, -0.05) is 6.07 Å². The maximum atomic E-state index is 10.7. The van der Waals surface area contributed by atoms with Crippen LogP contribution in [0.25, 0.3) is 0 Å². The van der Waals surface area contributed by atoms with Gasteiger partial charge in [-0.15, -0.1) is 0 Å². The number of benzene rings is 1. The van der Waals surface area contributed by atoms with Gasteiger partial charge in [0.2, 0.25) is 0 Å². The number of aliphatic hydroxyl groups excluding tert-OH is 4. The Morgan fingerprint density at radius 3 is 2.71 bits per heavy atom. The van der Waals surface area contributed by atoms with Gasteiger partial charge in [-0.25, -0.2) is 0 Å².